The van der Waals surface area contributed by atoms with Gasteiger partial charge >= 0.3 is 0 Å². The Morgan fingerprint density at radius 3 is 2.82 bits per heavy atom. The average Bonchev–Trinajstić information content (AvgIpc) is 3.04. The highest BCUT2D eigenvalue weighted by Crippen LogP contribution is 2.24. The standard InChI is InChI=1S/C22H23ClN2O2S/c1-2-27-12-11-25-19-10-9-18(23)14-20(19)28-22(25)24-21(26)17-8-7-15-5-3-4-6-16(15)13-17/h7-10,13-14H,2-6,11-12H2,1H3. The summed E-state index contributed by atoms with van der Waals surface area (Å²) < 4.78 is 8.58. The van der Waals surface area contributed by atoms with Gasteiger partial charge in [0.25, 0.3) is 5.91 Å². The Morgan fingerprint density at radius 1 is 1.18 bits per heavy atom. The molecule has 0 aliphatic heterocycles. The van der Waals surface area contributed by atoms with Gasteiger partial charge in [0.2, 0.25) is 0 Å². The zero-order valence-electron chi connectivity index (χ0n) is 15.9. The van der Waals surface area contributed by atoms with Crippen molar-refractivity contribution in [1.82, 2.24) is 4.57 Å². The van der Waals surface area contributed by atoms with E-state index in [-0.39, 0.29) is 5.91 Å². The summed E-state index contributed by atoms with van der Waals surface area (Å²) in [5, 5.41) is 0.679. The molecular weight excluding hydrogens is 392 g/mol. The molecule has 1 aliphatic carbocycles. The van der Waals surface area contributed by atoms with Crippen LogP contribution in [0.2, 0.25) is 5.02 Å². The molecule has 0 radical (unpaired) electrons. The summed E-state index contributed by atoms with van der Waals surface area (Å²) in [6, 6.07) is 11.8. The number of halogens is 1. The highest BCUT2D eigenvalue weighted by Gasteiger charge is 2.14. The summed E-state index contributed by atoms with van der Waals surface area (Å²) >= 11 is 7.63. The van der Waals surface area contributed by atoms with Crippen molar-refractivity contribution in [3.05, 3.63) is 62.9 Å². The lowest BCUT2D eigenvalue weighted by atomic mass is 9.90. The predicted octanol–water partition coefficient (Wildman–Crippen LogP) is 5.01. The van der Waals surface area contributed by atoms with Crippen LogP contribution in [-0.4, -0.2) is 23.7 Å². The Bertz CT molecular complexity index is 1080. The summed E-state index contributed by atoms with van der Waals surface area (Å²) in [4.78, 5) is 18.0. The molecule has 6 heteroatoms. The topological polar surface area (TPSA) is 43.6 Å². The van der Waals surface area contributed by atoms with Crippen LogP contribution in [0.1, 0.15) is 41.3 Å². The Morgan fingerprint density at radius 2 is 2.00 bits per heavy atom. The number of aromatic nitrogens is 1. The molecule has 0 spiro atoms. The Balaban J connectivity index is 1.73. The number of aryl methyl sites for hydroxylation is 2. The summed E-state index contributed by atoms with van der Waals surface area (Å²) in [5.74, 6) is -0.198. The van der Waals surface area contributed by atoms with Crippen LogP contribution in [0.15, 0.2) is 41.4 Å². The minimum absolute atomic E-state index is 0.198. The number of fused-ring (bicyclic) bond motifs is 2. The average molecular weight is 415 g/mol. The van der Waals surface area contributed by atoms with E-state index in [2.05, 4.69) is 11.1 Å². The SMILES string of the molecule is CCOCCn1c(=NC(=O)c2ccc3c(c2)CCCC3)sc2cc(Cl)ccc21. The Labute approximate surface area is 173 Å². The number of hydrogen-bond acceptors (Lipinski definition) is 3. The molecule has 0 saturated carbocycles. The van der Waals surface area contributed by atoms with Crippen molar-refractivity contribution >= 4 is 39.1 Å². The van der Waals surface area contributed by atoms with Gasteiger partial charge in [-0.15, -0.1) is 0 Å². The number of thiazole rings is 1. The lowest BCUT2D eigenvalue weighted by Crippen LogP contribution is -2.20. The molecule has 0 saturated heterocycles. The minimum atomic E-state index is -0.198. The largest absolute Gasteiger partial charge is 0.380 e. The molecule has 3 aromatic rings. The van der Waals surface area contributed by atoms with E-state index in [4.69, 9.17) is 16.3 Å². The van der Waals surface area contributed by atoms with Crippen LogP contribution in [0.3, 0.4) is 0 Å². The molecule has 4 rings (SSSR count). The third kappa shape index (κ3) is 4.07. The van der Waals surface area contributed by atoms with Gasteiger partial charge in [-0.25, -0.2) is 0 Å². The van der Waals surface area contributed by atoms with E-state index >= 15 is 0 Å². The lowest BCUT2D eigenvalue weighted by molar-refractivity contribution is 0.0996. The van der Waals surface area contributed by atoms with Crippen LogP contribution in [0.25, 0.3) is 10.2 Å². The van der Waals surface area contributed by atoms with Gasteiger partial charge < -0.3 is 9.30 Å². The first-order valence-electron chi connectivity index (χ1n) is 9.73. The molecule has 1 heterocycles. The normalized spacial score (nSPS) is 14.4. The number of carbonyl (C=O) groups is 1. The Hall–Kier alpha value is -1.95. The number of hydrogen-bond donors (Lipinski definition) is 0. The number of carbonyl (C=O) groups excluding carboxylic acids is 1. The molecule has 28 heavy (non-hydrogen) atoms. The first-order chi connectivity index (χ1) is 13.7. The molecule has 1 aromatic heterocycles. The van der Waals surface area contributed by atoms with Crippen LogP contribution in [0.4, 0.5) is 0 Å². The second-order valence-electron chi connectivity index (χ2n) is 6.95. The molecule has 0 fully saturated rings. The summed E-state index contributed by atoms with van der Waals surface area (Å²) in [6.45, 7) is 3.85. The summed E-state index contributed by atoms with van der Waals surface area (Å²) in [7, 11) is 0. The van der Waals surface area contributed by atoms with Gasteiger partial charge in [-0.3, -0.25) is 4.79 Å². The van der Waals surface area contributed by atoms with Crippen molar-refractivity contribution < 1.29 is 9.53 Å². The maximum absolute atomic E-state index is 12.9. The van der Waals surface area contributed by atoms with Crippen molar-refractivity contribution in [2.75, 3.05) is 13.2 Å². The van der Waals surface area contributed by atoms with Gasteiger partial charge in [-0.2, -0.15) is 4.99 Å². The third-order valence-electron chi connectivity index (χ3n) is 5.10. The quantitative estimate of drug-likeness (QED) is 0.550. The number of nitrogens with zero attached hydrogens (tertiary/aromatic N) is 2. The van der Waals surface area contributed by atoms with E-state index in [9.17, 15) is 4.79 Å². The number of ether oxygens (including phenoxy) is 1. The fourth-order valence-electron chi connectivity index (χ4n) is 3.67. The van der Waals surface area contributed by atoms with Gasteiger partial charge in [-0.1, -0.05) is 29.0 Å². The van der Waals surface area contributed by atoms with Crippen molar-refractivity contribution in [2.24, 2.45) is 4.99 Å². The predicted molar refractivity (Wildman–Crippen MR) is 114 cm³/mol. The van der Waals surface area contributed by atoms with Crippen LogP contribution in [0.5, 0.6) is 0 Å². The van der Waals surface area contributed by atoms with Gasteiger partial charge in [0.15, 0.2) is 4.80 Å². The third-order valence-corrected chi connectivity index (χ3v) is 6.38. The van der Waals surface area contributed by atoms with Gasteiger partial charge in [0, 0.05) is 23.7 Å². The highest BCUT2D eigenvalue weighted by molar-refractivity contribution is 7.16. The van der Waals surface area contributed by atoms with Crippen molar-refractivity contribution in [3.8, 4) is 0 Å². The van der Waals surface area contributed by atoms with Crippen LogP contribution in [-0.2, 0) is 24.1 Å². The molecule has 2 aromatic carbocycles. The first-order valence-corrected chi connectivity index (χ1v) is 10.9. The highest BCUT2D eigenvalue weighted by atomic mass is 35.5. The second kappa shape index (κ2) is 8.60. The van der Waals surface area contributed by atoms with Crippen LogP contribution < -0.4 is 4.80 Å². The molecule has 1 aliphatic rings. The maximum Gasteiger partial charge on any atom is 0.279 e. The smallest absolute Gasteiger partial charge is 0.279 e. The first kappa shape index (κ1) is 19.4. The van der Waals surface area contributed by atoms with Crippen molar-refractivity contribution in [1.29, 1.82) is 0 Å². The number of benzene rings is 2. The molecule has 146 valence electrons. The zero-order valence-corrected chi connectivity index (χ0v) is 17.5. The van der Waals surface area contributed by atoms with Crippen molar-refractivity contribution in [2.45, 2.75) is 39.2 Å². The van der Waals surface area contributed by atoms with E-state index in [1.165, 1.54) is 35.3 Å². The lowest BCUT2D eigenvalue weighted by Gasteiger charge is -2.15. The number of rotatable bonds is 5. The molecule has 0 N–H and O–H groups in total. The Kier molecular flexibility index (Phi) is 5.95. The van der Waals surface area contributed by atoms with E-state index in [0.717, 1.165) is 23.1 Å². The molecular formula is C22H23ClN2O2S. The fraction of sp³-hybridized carbons (Fsp3) is 0.364. The van der Waals surface area contributed by atoms with Gasteiger partial charge in [0.1, 0.15) is 0 Å². The van der Waals surface area contributed by atoms with E-state index in [1.807, 2.05) is 41.8 Å². The van der Waals surface area contributed by atoms with Crippen LogP contribution >= 0.6 is 22.9 Å². The summed E-state index contributed by atoms with van der Waals surface area (Å²) in [6.07, 6.45) is 4.58. The van der Waals surface area contributed by atoms with Crippen molar-refractivity contribution in [3.63, 3.8) is 0 Å². The summed E-state index contributed by atoms with van der Waals surface area (Å²) in [5.41, 5.74) is 4.34. The molecule has 0 atom stereocenters. The zero-order chi connectivity index (χ0) is 19.5. The van der Waals surface area contributed by atoms with Crippen LogP contribution in [0, 0.1) is 0 Å². The number of amides is 1. The van der Waals surface area contributed by atoms with E-state index in [1.54, 1.807) is 0 Å². The second-order valence-corrected chi connectivity index (χ2v) is 8.40. The monoisotopic (exact) mass is 414 g/mol. The molecule has 1 amide bonds. The molecule has 0 unspecified atom stereocenters. The molecule has 0 bridgehead atoms. The van der Waals surface area contributed by atoms with E-state index in [0.29, 0.717) is 35.1 Å². The van der Waals surface area contributed by atoms with Gasteiger partial charge in [-0.05, 0) is 74.1 Å². The minimum Gasteiger partial charge on any atom is -0.380 e. The molecule has 4 nitrogen and oxygen atoms in total. The van der Waals surface area contributed by atoms with E-state index < -0.39 is 0 Å². The van der Waals surface area contributed by atoms with Gasteiger partial charge in [0.05, 0.1) is 16.8 Å². The maximum atomic E-state index is 12.9. The fourth-order valence-corrected chi connectivity index (χ4v) is 5.00.